The molecule has 0 radical (unpaired) electrons. The van der Waals surface area contributed by atoms with Gasteiger partial charge in [-0.1, -0.05) is 25.0 Å². The molecule has 15 heteroatoms. The molecule has 58 heavy (non-hydrogen) atoms. The van der Waals surface area contributed by atoms with Crippen LogP contribution in [-0.4, -0.2) is 93.1 Å². The third-order valence-electron chi connectivity index (χ3n) is 12.1. The van der Waals surface area contributed by atoms with Gasteiger partial charge >= 0.3 is 0 Å². The van der Waals surface area contributed by atoms with E-state index in [1.807, 2.05) is 26.0 Å². The number of benzene rings is 2. The zero-order chi connectivity index (χ0) is 41.2. The standard InChI is InChI=1S/C43H56N8O6S/c1-27-28(2)48-49-39(27)47-40-32-23-37(58(55,56)43(3,4)5)36(24-34(32)44-26-45-40)57-22-18-29-16-20-50(21-17-29)19-9-7-6-8-11-30-12-10-13-31-33(30)25-51(42(31)54)35-14-15-38(52)46-41(35)53/h10,12-13,23-24,26,29,35H,6-9,11,14-22,25H2,1-5H3,(H,46,52,53)(H2,44,45,47,48,49). The van der Waals surface area contributed by atoms with Crippen LogP contribution in [0.3, 0.4) is 0 Å². The lowest BCUT2D eigenvalue weighted by molar-refractivity contribution is -0.136. The van der Waals surface area contributed by atoms with Gasteiger partial charge in [-0.15, -0.1) is 0 Å². The van der Waals surface area contributed by atoms with E-state index in [0.29, 0.717) is 59.3 Å². The van der Waals surface area contributed by atoms with Gasteiger partial charge in [-0.2, -0.15) is 5.10 Å². The van der Waals surface area contributed by atoms with Crippen molar-refractivity contribution in [1.29, 1.82) is 0 Å². The van der Waals surface area contributed by atoms with Crippen molar-refractivity contribution in [3.63, 3.8) is 0 Å². The second-order valence-electron chi connectivity index (χ2n) is 17.0. The van der Waals surface area contributed by atoms with Crippen LogP contribution in [0.4, 0.5) is 11.6 Å². The van der Waals surface area contributed by atoms with E-state index >= 15 is 0 Å². The van der Waals surface area contributed by atoms with Crippen LogP contribution in [-0.2, 0) is 32.4 Å². The summed E-state index contributed by atoms with van der Waals surface area (Å²) in [5.41, 5.74) is 5.33. The van der Waals surface area contributed by atoms with Crippen LogP contribution in [0, 0.1) is 19.8 Å². The SMILES string of the molecule is Cc1[nH]nc(Nc2ncnc3cc(OCCC4CCN(CCCCCCc5cccc6c5CN(C5CCC(=O)NC5=O)C6=O)CC4)c(S(=O)(=O)C(C)(C)C)cc23)c1C. The predicted octanol–water partition coefficient (Wildman–Crippen LogP) is 6.33. The molecule has 310 valence electrons. The number of piperidine rings is 2. The molecule has 1 unspecified atom stereocenters. The Balaban J connectivity index is 0.862. The van der Waals surface area contributed by atoms with Crippen molar-refractivity contribution in [2.45, 2.75) is 121 Å². The van der Waals surface area contributed by atoms with E-state index in [-0.39, 0.29) is 29.0 Å². The summed E-state index contributed by atoms with van der Waals surface area (Å²) in [6.07, 6.45) is 10.4. The molecule has 2 aromatic carbocycles. The number of aromatic amines is 1. The molecule has 0 bridgehead atoms. The van der Waals surface area contributed by atoms with Gasteiger partial charge in [-0.05, 0) is 128 Å². The van der Waals surface area contributed by atoms with Crippen LogP contribution in [0.15, 0.2) is 41.6 Å². The molecule has 2 saturated heterocycles. The van der Waals surface area contributed by atoms with Gasteiger partial charge in [0.2, 0.25) is 11.8 Å². The van der Waals surface area contributed by atoms with Gasteiger partial charge in [-0.25, -0.2) is 18.4 Å². The smallest absolute Gasteiger partial charge is 0.255 e. The van der Waals surface area contributed by atoms with Crippen LogP contribution >= 0.6 is 0 Å². The molecule has 1 atom stereocenters. The van der Waals surface area contributed by atoms with Gasteiger partial charge in [0.15, 0.2) is 15.7 Å². The molecule has 3 aliphatic heterocycles. The number of hydrogen-bond acceptors (Lipinski definition) is 11. The fraction of sp³-hybridized carbons (Fsp3) is 0.535. The summed E-state index contributed by atoms with van der Waals surface area (Å²) in [7, 11) is -3.77. The average Bonchev–Trinajstić information content (AvgIpc) is 3.69. The van der Waals surface area contributed by atoms with E-state index in [4.69, 9.17) is 4.74 Å². The lowest BCUT2D eigenvalue weighted by Crippen LogP contribution is -2.52. The Morgan fingerprint density at radius 1 is 0.966 bits per heavy atom. The van der Waals surface area contributed by atoms with Crippen LogP contribution in [0.25, 0.3) is 10.9 Å². The minimum Gasteiger partial charge on any atom is -0.492 e. The Morgan fingerprint density at radius 2 is 1.74 bits per heavy atom. The number of sulfone groups is 1. The molecule has 7 rings (SSSR count). The number of unbranched alkanes of at least 4 members (excludes halogenated alkanes) is 3. The Bertz CT molecular complexity index is 2290. The highest BCUT2D eigenvalue weighted by Gasteiger charge is 2.40. The molecule has 4 aromatic rings. The summed E-state index contributed by atoms with van der Waals surface area (Å²) in [4.78, 5) is 50.5. The first-order valence-electron chi connectivity index (χ1n) is 20.6. The first-order chi connectivity index (χ1) is 27.7. The molecule has 2 fully saturated rings. The van der Waals surface area contributed by atoms with Gasteiger partial charge in [-0.3, -0.25) is 24.8 Å². The highest BCUT2D eigenvalue weighted by atomic mass is 32.2. The van der Waals surface area contributed by atoms with E-state index in [1.54, 1.807) is 37.8 Å². The number of H-pyrrole nitrogens is 1. The quantitative estimate of drug-likeness (QED) is 0.0902. The van der Waals surface area contributed by atoms with Gasteiger partial charge in [0.25, 0.3) is 5.91 Å². The third-order valence-corrected chi connectivity index (χ3v) is 14.6. The third kappa shape index (κ3) is 8.75. The minimum absolute atomic E-state index is 0.122. The summed E-state index contributed by atoms with van der Waals surface area (Å²) >= 11 is 0. The normalized spacial score (nSPS) is 18.2. The first kappa shape index (κ1) is 41.3. The Kier molecular flexibility index (Phi) is 12.2. The van der Waals surface area contributed by atoms with Gasteiger partial charge < -0.3 is 19.9 Å². The Morgan fingerprint density at radius 3 is 2.47 bits per heavy atom. The van der Waals surface area contributed by atoms with Gasteiger partial charge in [0, 0.05) is 41.2 Å². The molecule has 3 aliphatic rings. The van der Waals surface area contributed by atoms with Crippen molar-refractivity contribution in [1.82, 2.24) is 35.3 Å². The molecule has 5 heterocycles. The van der Waals surface area contributed by atoms with Crippen molar-refractivity contribution in [3.8, 4) is 5.75 Å². The van der Waals surface area contributed by atoms with Gasteiger partial charge in [0.1, 0.15) is 28.8 Å². The summed E-state index contributed by atoms with van der Waals surface area (Å²) in [5.74, 6) is 1.13. The molecule has 0 spiro atoms. The maximum Gasteiger partial charge on any atom is 0.255 e. The second-order valence-corrected chi connectivity index (χ2v) is 19.7. The minimum atomic E-state index is -3.77. The molecule has 3 amide bonds. The number of aryl methyl sites for hydroxylation is 2. The molecule has 2 aromatic heterocycles. The lowest BCUT2D eigenvalue weighted by atomic mass is 9.93. The number of carbonyl (C=O) groups is 3. The maximum atomic E-state index is 13.9. The molecular formula is C43H56N8O6S. The number of imide groups is 1. The fourth-order valence-corrected chi connectivity index (χ4v) is 9.57. The molecular weight excluding hydrogens is 757 g/mol. The predicted molar refractivity (Wildman–Crippen MR) is 222 cm³/mol. The summed E-state index contributed by atoms with van der Waals surface area (Å²) < 4.78 is 33.0. The molecule has 0 aliphatic carbocycles. The average molecular weight is 813 g/mol. The number of fused-ring (bicyclic) bond motifs is 2. The van der Waals surface area contributed by atoms with E-state index < -0.39 is 20.6 Å². The number of aromatic nitrogens is 4. The van der Waals surface area contributed by atoms with Crippen molar-refractivity contribution < 1.29 is 27.5 Å². The highest BCUT2D eigenvalue weighted by Crippen LogP contribution is 2.38. The maximum absolute atomic E-state index is 13.9. The molecule has 0 saturated carbocycles. The number of nitrogens with zero attached hydrogens (tertiary/aromatic N) is 5. The zero-order valence-corrected chi connectivity index (χ0v) is 35.1. The summed E-state index contributed by atoms with van der Waals surface area (Å²) in [5, 5.41) is 13.5. The zero-order valence-electron chi connectivity index (χ0n) is 34.3. The summed E-state index contributed by atoms with van der Waals surface area (Å²) in [6.45, 7) is 13.0. The number of likely N-dealkylation sites (tertiary alicyclic amines) is 1. The monoisotopic (exact) mass is 812 g/mol. The largest absolute Gasteiger partial charge is 0.492 e. The van der Waals surface area contributed by atoms with Gasteiger partial charge in [0.05, 0.1) is 16.9 Å². The fourth-order valence-electron chi connectivity index (χ4n) is 8.26. The number of amides is 3. The van der Waals surface area contributed by atoms with Crippen LogP contribution in [0.1, 0.15) is 111 Å². The Labute approximate surface area is 340 Å². The van der Waals surface area contributed by atoms with Crippen molar-refractivity contribution in [2.75, 3.05) is 31.6 Å². The van der Waals surface area contributed by atoms with E-state index in [0.717, 1.165) is 87.8 Å². The number of rotatable bonds is 15. The number of ether oxygens (including phenoxy) is 1. The number of carbonyl (C=O) groups excluding carboxylic acids is 3. The van der Waals surface area contributed by atoms with E-state index in [9.17, 15) is 22.8 Å². The lowest BCUT2D eigenvalue weighted by Gasteiger charge is -2.32. The summed E-state index contributed by atoms with van der Waals surface area (Å²) in [6, 6.07) is 8.63. The van der Waals surface area contributed by atoms with Crippen molar-refractivity contribution >= 4 is 50.1 Å². The Hall–Kier alpha value is -4.89. The first-order valence-corrected chi connectivity index (χ1v) is 22.1. The van der Waals surface area contributed by atoms with Crippen molar-refractivity contribution in [3.05, 3.63) is 64.6 Å². The van der Waals surface area contributed by atoms with Crippen molar-refractivity contribution in [2.24, 2.45) is 5.92 Å². The number of nitrogens with one attached hydrogen (secondary N) is 3. The van der Waals surface area contributed by atoms with E-state index in [2.05, 4.69) is 41.8 Å². The highest BCUT2D eigenvalue weighted by molar-refractivity contribution is 7.92. The number of hydrogen-bond donors (Lipinski definition) is 3. The van der Waals surface area contributed by atoms with Crippen LogP contribution in [0.2, 0.25) is 0 Å². The van der Waals surface area contributed by atoms with E-state index in [1.165, 1.54) is 11.9 Å². The second kappa shape index (κ2) is 17.1. The topological polar surface area (TPSA) is 180 Å². The number of anilines is 2. The molecule has 14 nitrogen and oxygen atoms in total. The molecule has 3 N–H and O–H groups in total. The van der Waals surface area contributed by atoms with Crippen LogP contribution in [0.5, 0.6) is 5.75 Å². The van der Waals surface area contributed by atoms with Crippen LogP contribution < -0.4 is 15.4 Å².